The standard InChI is InChI=1S/C15H27N3/c16-18-17-15(11-13-7-3-1-4-8-13)12-14-9-5-2-6-10-14/h13-15H,1-12H2. The Balaban J connectivity index is 1.80. The summed E-state index contributed by atoms with van der Waals surface area (Å²) >= 11 is 0. The summed E-state index contributed by atoms with van der Waals surface area (Å²) in [6.45, 7) is 0. The second kappa shape index (κ2) is 7.68. The maximum absolute atomic E-state index is 8.75. The van der Waals surface area contributed by atoms with Crippen LogP contribution in [0.1, 0.15) is 77.0 Å². The number of azide groups is 1. The van der Waals surface area contributed by atoms with Gasteiger partial charge in [0, 0.05) is 11.0 Å². The molecular weight excluding hydrogens is 222 g/mol. The van der Waals surface area contributed by atoms with Crippen LogP contribution in [0.3, 0.4) is 0 Å². The first-order valence-electron chi connectivity index (χ1n) is 7.92. The normalized spacial score (nSPS) is 22.9. The van der Waals surface area contributed by atoms with E-state index in [2.05, 4.69) is 10.0 Å². The van der Waals surface area contributed by atoms with Gasteiger partial charge >= 0.3 is 0 Å². The zero-order valence-corrected chi connectivity index (χ0v) is 11.6. The van der Waals surface area contributed by atoms with E-state index in [-0.39, 0.29) is 6.04 Å². The topological polar surface area (TPSA) is 48.8 Å². The zero-order valence-electron chi connectivity index (χ0n) is 11.6. The molecule has 0 aromatic heterocycles. The maximum Gasteiger partial charge on any atom is 0.0379 e. The summed E-state index contributed by atoms with van der Waals surface area (Å²) in [4.78, 5) is 3.09. The van der Waals surface area contributed by atoms with Gasteiger partial charge in [0.1, 0.15) is 0 Å². The highest BCUT2D eigenvalue weighted by Crippen LogP contribution is 2.33. The lowest BCUT2D eigenvalue weighted by Gasteiger charge is -2.28. The number of rotatable bonds is 5. The molecule has 3 heteroatoms. The van der Waals surface area contributed by atoms with E-state index in [0.29, 0.717) is 0 Å². The van der Waals surface area contributed by atoms with Crippen molar-refractivity contribution in [1.29, 1.82) is 0 Å². The quantitative estimate of drug-likeness (QED) is 0.345. The van der Waals surface area contributed by atoms with Gasteiger partial charge in [-0.1, -0.05) is 69.3 Å². The summed E-state index contributed by atoms with van der Waals surface area (Å²) in [6, 6.07) is 0.279. The molecule has 2 aliphatic rings. The molecular formula is C15H27N3. The minimum absolute atomic E-state index is 0.279. The van der Waals surface area contributed by atoms with E-state index in [4.69, 9.17) is 5.53 Å². The van der Waals surface area contributed by atoms with Crippen LogP contribution in [-0.2, 0) is 0 Å². The van der Waals surface area contributed by atoms with Crippen LogP contribution in [0.5, 0.6) is 0 Å². The highest BCUT2D eigenvalue weighted by atomic mass is 15.1. The molecule has 0 amide bonds. The number of hydrogen-bond donors (Lipinski definition) is 0. The summed E-state index contributed by atoms with van der Waals surface area (Å²) in [7, 11) is 0. The SMILES string of the molecule is [N-]=[N+]=NC(CC1CCCCC1)CC1CCCCC1. The van der Waals surface area contributed by atoms with Crippen molar-refractivity contribution in [3.05, 3.63) is 10.4 Å². The first-order valence-corrected chi connectivity index (χ1v) is 7.92. The van der Waals surface area contributed by atoms with E-state index < -0.39 is 0 Å². The molecule has 2 fully saturated rings. The van der Waals surface area contributed by atoms with Crippen LogP contribution in [0.2, 0.25) is 0 Å². The lowest BCUT2D eigenvalue weighted by molar-refractivity contribution is 0.269. The molecule has 3 nitrogen and oxygen atoms in total. The Bertz CT molecular complexity index is 251. The van der Waals surface area contributed by atoms with Crippen LogP contribution in [0.4, 0.5) is 0 Å². The van der Waals surface area contributed by atoms with Gasteiger partial charge in [0.25, 0.3) is 0 Å². The third-order valence-corrected chi connectivity index (χ3v) is 4.88. The Morgan fingerprint density at radius 2 is 1.28 bits per heavy atom. The first-order chi connectivity index (χ1) is 8.88. The molecule has 102 valence electrons. The second-order valence-electron chi connectivity index (χ2n) is 6.34. The molecule has 0 bridgehead atoms. The van der Waals surface area contributed by atoms with Gasteiger partial charge in [-0.05, 0) is 30.2 Å². The summed E-state index contributed by atoms with van der Waals surface area (Å²) < 4.78 is 0. The van der Waals surface area contributed by atoms with E-state index in [0.717, 1.165) is 24.7 Å². The average Bonchev–Trinajstić information content (AvgIpc) is 2.41. The molecule has 0 aromatic rings. The van der Waals surface area contributed by atoms with E-state index >= 15 is 0 Å². The van der Waals surface area contributed by atoms with Crippen molar-refractivity contribution in [2.45, 2.75) is 83.1 Å². The van der Waals surface area contributed by atoms with Crippen molar-refractivity contribution in [2.24, 2.45) is 17.0 Å². The molecule has 0 atom stereocenters. The van der Waals surface area contributed by atoms with Crippen LogP contribution in [0, 0.1) is 11.8 Å². The molecule has 2 aliphatic carbocycles. The minimum atomic E-state index is 0.279. The molecule has 0 N–H and O–H groups in total. The van der Waals surface area contributed by atoms with Crippen molar-refractivity contribution in [2.75, 3.05) is 0 Å². The zero-order chi connectivity index (χ0) is 12.6. The molecule has 0 radical (unpaired) electrons. The molecule has 0 aromatic carbocycles. The maximum atomic E-state index is 8.75. The van der Waals surface area contributed by atoms with Crippen molar-refractivity contribution < 1.29 is 0 Å². The third-order valence-electron chi connectivity index (χ3n) is 4.88. The lowest BCUT2D eigenvalue weighted by atomic mass is 9.80. The minimum Gasteiger partial charge on any atom is -0.0906 e. The van der Waals surface area contributed by atoms with Crippen LogP contribution in [0.15, 0.2) is 5.11 Å². The van der Waals surface area contributed by atoms with Gasteiger partial charge < -0.3 is 0 Å². The molecule has 2 rings (SSSR count). The predicted molar refractivity (Wildman–Crippen MR) is 75.3 cm³/mol. The molecule has 2 saturated carbocycles. The van der Waals surface area contributed by atoms with Gasteiger partial charge in [-0.3, -0.25) is 0 Å². The van der Waals surface area contributed by atoms with Crippen LogP contribution in [-0.4, -0.2) is 6.04 Å². The fourth-order valence-electron chi connectivity index (χ4n) is 3.88. The molecule has 0 heterocycles. The number of hydrogen-bond acceptors (Lipinski definition) is 1. The largest absolute Gasteiger partial charge is 0.0906 e. The van der Waals surface area contributed by atoms with Crippen LogP contribution >= 0.6 is 0 Å². The van der Waals surface area contributed by atoms with E-state index in [9.17, 15) is 0 Å². The second-order valence-corrected chi connectivity index (χ2v) is 6.34. The average molecular weight is 249 g/mol. The highest BCUT2D eigenvalue weighted by Gasteiger charge is 2.22. The first kappa shape index (κ1) is 13.7. The number of nitrogens with zero attached hydrogens (tertiary/aromatic N) is 3. The predicted octanol–water partition coefficient (Wildman–Crippen LogP) is 5.61. The van der Waals surface area contributed by atoms with Gasteiger partial charge in [0.2, 0.25) is 0 Å². The van der Waals surface area contributed by atoms with Crippen molar-refractivity contribution in [3.63, 3.8) is 0 Å². The molecule has 0 unspecified atom stereocenters. The molecule has 0 saturated heterocycles. The smallest absolute Gasteiger partial charge is 0.0379 e. The van der Waals surface area contributed by atoms with Crippen LogP contribution < -0.4 is 0 Å². The molecule has 18 heavy (non-hydrogen) atoms. The monoisotopic (exact) mass is 249 g/mol. The van der Waals surface area contributed by atoms with Gasteiger partial charge in [-0.2, -0.15) is 0 Å². The molecule has 0 spiro atoms. The van der Waals surface area contributed by atoms with E-state index in [1.54, 1.807) is 0 Å². The van der Waals surface area contributed by atoms with E-state index in [1.807, 2.05) is 0 Å². The Labute approximate surface area is 111 Å². The summed E-state index contributed by atoms with van der Waals surface area (Å²) in [5.41, 5.74) is 8.75. The Kier molecular flexibility index (Phi) is 5.86. The van der Waals surface area contributed by atoms with Gasteiger partial charge in [0.05, 0.1) is 0 Å². The van der Waals surface area contributed by atoms with E-state index in [1.165, 1.54) is 64.2 Å². The van der Waals surface area contributed by atoms with Gasteiger partial charge in [-0.15, -0.1) is 0 Å². The van der Waals surface area contributed by atoms with Crippen LogP contribution in [0.25, 0.3) is 10.4 Å². The van der Waals surface area contributed by atoms with Crippen molar-refractivity contribution in [1.82, 2.24) is 0 Å². The van der Waals surface area contributed by atoms with Crippen molar-refractivity contribution in [3.8, 4) is 0 Å². The summed E-state index contributed by atoms with van der Waals surface area (Å²) in [5, 5.41) is 4.09. The Hall–Kier alpha value is -0.690. The van der Waals surface area contributed by atoms with Crippen molar-refractivity contribution >= 4 is 0 Å². The fraction of sp³-hybridized carbons (Fsp3) is 1.00. The third kappa shape index (κ3) is 4.53. The highest BCUT2D eigenvalue weighted by molar-refractivity contribution is 4.79. The fourth-order valence-corrected chi connectivity index (χ4v) is 3.88. The lowest BCUT2D eigenvalue weighted by Crippen LogP contribution is -2.19. The Morgan fingerprint density at radius 1 is 0.833 bits per heavy atom. The molecule has 0 aliphatic heterocycles. The summed E-state index contributed by atoms with van der Waals surface area (Å²) in [6.07, 6.45) is 16.1. The van der Waals surface area contributed by atoms with Gasteiger partial charge in [0.15, 0.2) is 0 Å². The Morgan fingerprint density at radius 3 is 1.67 bits per heavy atom. The van der Waals surface area contributed by atoms with Gasteiger partial charge in [-0.25, -0.2) is 0 Å². The summed E-state index contributed by atoms with van der Waals surface area (Å²) in [5.74, 6) is 1.66.